The molecule has 1 N–H and O–H groups in total. The standard InChI is InChI=1S/C19H30N4O/c1-4-5-11-18(24)21-15(2)17-14-20-19(22-16(17)3)23-12-9-7-6-8-10-13-23/h4,14-15H,1,5-13H2,2-3H3,(H,21,24)/t15-/m1/s1. The van der Waals surface area contributed by atoms with Gasteiger partial charge >= 0.3 is 0 Å². The van der Waals surface area contributed by atoms with E-state index in [9.17, 15) is 4.79 Å². The first-order chi connectivity index (χ1) is 11.6. The number of allylic oxidation sites excluding steroid dienone is 1. The highest BCUT2D eigenvalue weighted by Crippen LogP contribution is 2.20. The van der Waals surface area contributed by atoms with Gasteiger partial charge < -0.3 is 10.2 Å². The molecular weight excluding hydrogens is 300 g/mol. The van der Waals surface area contributed by atoms with Crippen LogP contribution in [0.25, 0.3) is 0 Å². The Kier molecular flexibility index (Phi) is 7.22. The Hall–Kier alpha value is -1.91. The first kappa shape index (κ1) is 18.4. The van der Waals surface area contributed by atoms with Crippen molar-refractivity contribution in [3.63, 3.8) is 0 Å². The molecule has 1 saturated heterocycles. The van der Waals surface area contributed by atoms with Crippen molar-refractivity contribution in [2.24, 2.45) is 0 Å². The van der Waals surface area contributed by atoms with E-state index in [1.165, 1.54) is 32.1 Å². The van der Waals surface area contributed by atoms with E-state index >= 15 is 0 Å². The number of rotatable bonds is 6. The second-order valence-corrected chi connectivity index (χ2v) is 6.58. The van der Waals surface area contributed by atoms with E-state index in [4.69, 9.17) is 4.98 Å². The van der Waals surface area contributed by atoms with Crippen LogP contribution in [0.15, 0.2) is 18.9 Å². The number of hydrogen-bond acceptors (Lipinski definition) is 4. The lowest BCUT2D eigenvalue weighted by Crippen LogP contribution is -2.30. The van der Waals surface area contributed by atoms with Crippen molar-refractivity contribution in [1.29, 1.82) is 0 Å². The van der Waals surface area contributed by atoms with Crippen LogP contribution in [0, 0.1) is 6.92 Å². The van der Waals surface area contributed by atoms with E-state index in [1.807, 2.05) is 20.0 Å². The quantitative estimate of drug-likeness (QED) is 0.808. The van der Waals surface area contributed by atoms with Gasteiger partial charge in [0.2, 0.25) is 11.9 Å². The molecule has 1 aliphatic rings. The minimum Gasteiger partial charge on any atom is -0.349 e. The molecule has 0 aromatic carbocycles. The van der Waals surface area contributed by atoms with Crippen molar-refractivity contribution in [3.05, 3.63) is 30.1 Å². The number of carbonyl (C=O) groups is 1. The highest BCUT2D eigenvalue weighted by Gasteiger charge is 2.16. The minimum atomic E-state index is -0.0799. The third kappa shape index (κ3) is 5.32. The van der Waals surface area contributed by atoms with Gasteiger partial charge in [0.1, 0.15) is 0 Å². The summed E-state index contributed by atoms with van der Waals surface area (Å²) in [5.41, 5.74) is 1.93. The van der Waals surface area contributed by atoms with Crippen molar-refractivity contribution in [1.82, 2.24) is 15.3 Å². The molecule has 1 fully saturated rings. The van der Waals surface area contributed by atoms with Crippen LogP contribution in [0.3, 0.4) is 0 Å². The van der Waals surface area contributed by atoms with Crippen LogP contribution in [0.5, 0.6) is 0 Å². The fourth-order valence-electron chi connectivity index (χ4n) is 3.11. The van der Waals surface area contributed by atoms with Gasteiger partial charge in [-0.2, -0.15) is 0 Å². The molecular formula is C19H30N4O. The van der Waals surface area contributed by atoms with Gasteiger partial charge in [0.05, 0.1) is 6.04 Å². The van der Waals surface area contributed by atoms with Gasteiger partial charge in [0, 0.05) is 37.0 Å². The Morgan fingerprint density at radius 3 is 2.62 bits per heavy atom. The number of aryl methyl sites for hydroxylation is 1. The molecule has 132 valence electrons. The van der Waals surface area contributed by atoms with Gasteiger partial charge in [0.25, 0.3) is 0 Å². The lowest BCUT2D eigenvalue weighted by molar-refractivity contribution is -0.121. The van der Waals surface area contributed by atoms with Crippen molar-refractivity contribution in [2.75, 3.05) is 18.0 Å². The topological polar surface area (TPSA) is 58.1 Å². The summed E-state index contributed by atoms with van der Waals surface area (Å²) in [6.45, 7) is 9.69. The third-order valence-corrected chi connectivity index (χ3v) is 4.56. The van der Waals surface area contributed by atoms with E-state index < -0.39 is 0 Å². The Balaban J connectivity index is 2.02. The molecule has 2 rings (SSSR count). The predicted octanol–water partition coefficient (Wildman–Crippen LogP) is 3.70. The fraction of sp³-hybridized carbons (Fsp3) is 0.632. The maximum Gasteiger partial charge on any atom is 0.225 e. The monoisotopic (exact) mass is 330 g/mol. The number of hydrogen-bond donors (Lipinski definition) is 1. The summed E-state index contributed by atoms with van der Waals surface area (Å²) in [6, 6.07) is -0.0799. The van der Waals surface area contributed by atoms with Crippen LogP contribution >= 0.6 is 0 Å². The van der Waals surface area contributed by atoms with E-state index in [-0.39, 0.29) is 11.9 Å². The lowest BCUT2D eigenvalue weighted by Gasteiger charge is -2.25. The first-order valence-corrected chi connectivity index (χ1v) is 9.10. The Morgan fingerprint density at radius 1 is 1.33 bits per heavy atom. The molecule has 1 amide bonds. The summed E-state index contributed by atoms with van der Waals surface area (Å²) in [5.74, 6) is 0.859. The van der Waals surface area contributed by atoms with Gasteiger partial charge in [-0.1, -0.05) is 25.3 Å². The Bertz CT molecular complexity index is 550. The maximum absolute atomic E-state index is 11.9. The summed E-state index contributed by atoms with van der Waals surface area (Å²) in [5, 5.41) is 3.01. The maximum atomic E-state index is 11.9. The predicted molar refractivity (Wildman–Crippen MR) is 98.1 cm³/mol. The molecule has 1 aliphatic heterocycles. The van der Waals surface area contributed by atoms with Crippen LogP contribution in [0.2, 0.25) is 0 Å². The molecule has 24 heavy (non-hydrogen) atoms. The number of carbonyl (C=O) groups excluding carboxylic acids is 1. The second-order valence-electron chi connectivity index (χ2n) is 6.58. The van der Waals surface area contributed by atoms with Crippen LogP contribution in [0.1, 0.15) is 69.2 Å². The van der Waals surface area contributed by atoms with Gasteiger partial charge in [-0.3, -0.25) is 4.79 Å². The molecule has 0 unspecified atom stereocenters. The van der Waals surface area contributed by atoms with Crippen molar-refractivity contribution in [2.45, 2.75) is 64.8 Å². The van der Waals surface area contributed by atoms with Gasteiger partial charge in [-0.15, -0.1) is 6.58 Å². The summed E-state index contributed by atoms with van der Waals surface area (Å²) >= 11 is 0. The Labute approximate surface area is 145 Å². The van der Waals surface area contributed by atoms with Crippen molar-refractivity contribution < 1.29 is 4.79 Å². The summed E-state index contributed by atoms with van der Waals surface area (Å²) in [4.78, 5) is 23.4. The zero-order valence-electron chi connectivity index (χ0n) is 15.1. The summed E-state index contributed by atoms with van der Waals surface area (Å²) in [6.07, 6.45) is 11.1. The van der Waals surface area contributed by atoms with E-state index in [0.29, 0.717) is 12.8 Å². The summed E-state index contributed by atoms with van der Waals surface area (Å²) < 4.78 is 0. The average Bonchev–Trinajstić information content (AvgIpc) is 2.52. The van der Waals surface area contributed by atoms with Gasteiger partial charge in [0.15, 0.2) is 0 Å². The average molecular weight is 330 g/mol. The molecule has 0 spiro atoms. The number of anilines is 1. The van der Waals surface area contributed by atoms with Crippen molar-refractivity contribution in [3.8, 4) is 0 Å². The molecule has 0 bridgehead atoms. The molecule has 0 radical (unpaired) electrons. The van der Waals surface area contributed by atoms with E-state index in [0.717, 1.165) is 30.3 Å². The molecule has 5 nitrogen and oxygen atoms in total. The van der Waals surface area contributed by atoms with Crippen LogP contribution in [-0.4, -0.2) is 29.0 Å². The number of nitrogens with one attached hydrogen (secondary N) is 1. The van der Waals surface area contributed by atoms with Crippen molar-refractivity contribution >= 4 is 11.9 Å². The molecule has 0 aliphatic carbocycles. The highest BCUT2D eigenvalue weighted by molar-refractivity contribution is 5.76. The first-order valence-electron chi connectivity index (χ1n) is 9.10. The molecule has 1 aromatic rings. The zero-order chi connectivity index (χ0) is 17.4. The smallest absolute Gasteiger partial charge is 0.225 e. The normalized spacial score (nSPS) is 16.8. The fourth-order valence-corrected chi connectivity index (χ4v) is 3.11. The number of nitrogens with zero attached hydrogens (tertiary/aromatic N) is 3. The second kappa shape index (κ2) is 9.40. The van der Waals surface area contributed by atoms with Crippen LogP contribution in [-0.2, 0) is 4.79 Å². The van der Waals surface area contributed by atoms with Gasteiger partial charge in [-0.05, 0) is 33.1 Å². The van der Waals surface area contributed by atoms with Crippen LogP contribution < -0.4 is 10.2 Å². The summed E-state index contributed by atoms with van der Waals surface area (Å²) in [7, 11) is 0. The lowest BCUT2D eigenvalue weighted by atomic mass is 10.1. The van der Waals surface area contributed by atoms with E-state index in [2.05, 4.69) is 21.8 Å². The number of aromatic nitrogens is 2. The molecule has 5 heteroatoms. The molecule has 0 saturated carbocycles. The molecule has 2 heterocycles. The number of amides is 1. The minimum absolute atomic E-state index is 0.0367. The van der Waals surface area contributed by atoms with Crippen LogP contribution in [0.4, 0.5) is 5.95 Å². The Morgan fingerprint density at radius 2 is 2.00 bits per heavy atom. The third-order valence-electron chi connectivity index (χ3n) is 4.56. The van der Waals surface area contributed by atoms with Gasteiger partial charge in [-0.25, -0.2) is 9.97 Å². The molecule has 1 aromatic heterocycles. The SMILES string of the molecule is C=CCCC(=O)N[C@H](C)c1cnc(N2CCCCCCC2)nc1C. The van der Waals surface area contributed by atoms with E-state index in [1.54, 1.807) is 6.08 Å². The largest absolute Gasteiger partial charge is 0.349 e. The molecule has 1 atom stereocenters. The zero-order valence-corrected chi connectivity index (χ0v) is 15.1. The highest BCUT2D eigenvalue weighted by atomic mass is 16.1.